The van der Waals surface area contributed by atoms with Crippen LogP contribution in [0.3, 0.4) is 0 Å². The molecule has 2 unspecified atom stereocenters. The molecular weight excluding hydrogens is 248 g/mol. The predicted molar refractivity (Wildman–Crippen MR) is 70.8 cm³/mol. The number of nitrogens with one attached hydrogen (secondary N) is 1. The molecule has 0 bridgehead atoms. The summed E-state index contributed by atoms with van der Waals surface area (Å²) in [5, 5.41) is 20.7. The molecule has 1 saturated carbocycles. The highest BCUT2D eigenvalue weighted by Crippen LogP contribution is 2.24. The number of hydrogen-bond acceptors (Lipinski definition) is 3. The third kappa shape index (κ3) is 4.90. The number of nitrogens with zero attached hydrogens (tertiary/aromatic N) is 1. The number of carbonyl (C=O) groups excluding carboxylic acids is 1. The topological polar surface area (TPSA) is 89.9 Å². The van der Waals surface area contributed by atoms with E-state index in [4.69, 9.17) is 10.2 Å². The molecule has 0 spiro atoms. The van der Waals surface area contributed by atoms with Crippen molar-refractivity contribution in [3.05, 3.63) is 12.7 Å². The first-order valence-electron chi connectivity index (χ1n) is 6.58. The minimum Gasteiger partial charge on any atom is -0.481 e. The average Bonchev–Trinajstić information content (AvgIpc) is 2.38. The summed E-state index contributed by atoms with van der Waals surface area (Å²) < 4.78 is 0. The maximum Gasteiger partial charge on any atom is 0.317 e. The lowest BCUT2D eigenvalue weighted by Gasteiger charge is -2.30. The van der Waals surface area contributed by atoms with Crippen molar-refractivity contribution in [2.24, 2.45) is 5.92 Å². The van der Waals surface area contributed by atoms with Gasteiger partial charge in [0.15, 0.2) is 0 Å². The summed E-state index contributed by atoms with van der Waals surface area (Å²) >= 11 is 0. The second-order valence-corrected chi connectivity index (χ2v) is 4.81. The number of rotatable bonds is 6. The monoisotopic (exact) mass is 270 g/mol. The van der Waals surface area contributed by atoms with Gasteiger partial charge in [-0.2, -0.15) is 0 Å². The second kappa shape index (κ2) is 7.78. The fourth-order valence-electron chi connectivity index (χ4n) is 2.36. The van der Waals surface area contributed by atoms with E-state index in [9.17, 15) is 9.59 Å². The third-order valence-electron chi connectivity index (χ3n) is 3.36. The Balaban J connectivity index is 2.49. The third-order valence-corrected chi connectivity index (χ3v) is 3.36. The predicted octanol–water partition coefficient (Wildman–Crippen LogP) is 0.820. The van der Waals surface area contributed by atoms with Crippen LogP contribution < -0.4 is 5.32 Å². The zero-order valence-electron chi connectivity index (χ0n) is 11.0. The lowest BCUT2D eigenvalue weighted by atomic mass is 9.86. The van der Waals surface area contributed by atoms with Crippen molar-refractivity contribution in [2.75, 3.05) is 19.7 Å². The van der Waals surface area contributed by atoms with Gasteiger partial charge in [-0.05, 0) is 19.3 Å². The van der Waals surface area contributed by atoms with Gasteiger partial charge in [0, 0.05) is 19.1 Å². The fourth-order valence-corrected chi connectivity index (χ4v) is 2.36. The smallest absolute Gasteiger partial charge is 0.317 e. The Morgan fingerprint density at radius 1 is 1.42 bits per heavy atom. The number of urea groups is 1. The molecule has 1 aliphatic carbocycles. The highest BCUT2D eigenvalue weighted by molar-refractivity contribution is 5.75. The van der Waals surface area contributed by atoms with E-state index in [1.165, 1.54) is 4.90 Å². The molecule has 6 nitrogen and oxygen atoms in total. The molecule has 0 saturated heterocycles. The summed E-state index contributed by atoms with van der Waals surface area (Å²) in [6.07, 6.45) is 4.35. The van der Waals surface area contributed by atoms with Gasteiger partial charge >= 0.3 is 12.0 Å². The number of carboxylic acid groups (broad SMARTS) is 1. The van der Waals surface area contributed by atoms with E-state index in [0.717, 1.165) is 12.8 Å². The van der Waals surface area contributed by atoms with Gasteiger partial charge in [0.1, 0.15) is 0 Å². The van der Waals surface area contributed by atoms with Gasteiger partial charge in [0.05, 0.1) is 12.5 Å². The zero-order chi connectivity index (χ0) is 14.3. The normalized spacial score (nSPS) is 22.6. The SMILES string of the molecule is C=CCN(CCO)C(=O)NC1CCCC(C(=O)O)C1. The van der Waals surface area contributed by atoms with Crippen LogP contribution in [0.1, 0.15) is 25.7 Å². The Kier molecular flexibility index (Phi) is 6.35. The molecule has 108 valence electrons. The molecule has 0 aromatic rings. The van der Waals surface area contributed by atoms with Crippen molar-refractivity contribution in [2.45, 2.75) is 31.7 Å². The number of aliphatic hydroxyl groups excluding tert-OH is 1. The van der Waals surface area contributed by atoms with Crippen molar-refractivity contribution < 1.29 is 19.8 Å². The van der Waals surface area contributed by atoms with E-state index in [-0.39, 0.29) is 31.1 Å². The summed E-state index contributed by atoms with van der Waals surface area (Å²) in [5.74, 6) is -1.16. The van der Waals surface area contributed by atoms with Gasteiger partial charge in [-0.1, -0.05) is 12.5 Å². The van der Waals surface area contributed by atoms with E-state index in [0.29, 0.717) is 19.4 Å². The Labute approximate surface area is 113 Å². The van der Waals surface area contributed by atoms with Gasteiger partial charge in [0.25, 0.3) is 0 Å². The summed E-state index contributed by atoms with van der Waals surface area (Å²) in [7, 11) is 0. The van der Waals surface area contributed by atoms with Crippen LogP contribution in [-0.4, -0.2) is 52.9 Å². The largest absolute Gasteiger partial charge is 0.481 e. The molecule has 1 aliphatic rings. The molecule has 0 aromatic heterocycles. The molecule has 0 heterocycles. The molecule has 0 aliphatic heterocycles. The van der Waals surface area contributed by atoms with Crippen LogP contribution in [-0.2, 0) is 4.79 Å². The fraction of sp³-hybridized carbons (Fsp3) is 0.692. The standard InChI is InChI=1S/C13H22N2O4/c1-2-6-15(7-8-16)13(19)14-11-5-3-4-10(9-11)12(17)18/h2,10-11,16H,1,3-9H2,(H,14,19)(H,17,18). The molecule has 2 atom stereocenters. The van der Waals surface area contributed by atoms with Crippen molar-refractivity contribution in [1.82, 2.24) is 10.2 Å². The molecule has 19 heavy (non-hydrogen) atoms. The highest BCUT2D eigenvalue weighted by atomic mass is 16.4. The average molecular weight is 270 g/mol. The van der Waals surface area contributed by atoms with Crippen molar-refractivity contribution in [1.29, 1.82) is 0 Å². The van der Waals surface area contributed by atoms with E-state index < -0.39 is 5.97 Å². The van der Waals surface area contributed by atoms with Crippen LogP contribution in [0.4, 0.5) is 4.79 Å². The summed E-state index contributed by atoms with van der Waals surface area (Å²) in [4.78, 5) is 24.4. The number of carbonyl (C=O) groups is 2. The molecule has 2 amide bonds. The van der Waals surface area contributed by atoms with Gasteiger partial charge < -0.3 is 20.4 Å². The molecule has 1 fully saturated rings. The Bertz CT molecular complexity index is 333. The van der Waals surface area contributed by atoms with Crippen molar-refractivity contribution in [3.63, 3.8) is 0 Å². The number of amides is 2. The number of carboxylic acids is 1. The first-order chi connectivity index (χ1) is 9.08. The van der Waals surface area contributed by atoms with Crippen LogP contribution in [0.15, 0.2) is 12.7 Å². The Morgan fingerprint density at radius 2 is 2.16 bits per heavy atom. The molecular formula is C13H22N2O4. The van der Waals surface area contributed by atoms with E-state index in [1.807, 2.05) is 0 Å². The summed E-state index contributed by atoms with van der Waals surface area (Å²) in [6, 6.07) is -0.377. The molecule has 1 rings (SSSR count). The second-order valence-electron chi connectivity index (χ2n) is 4.81. The molecule has 0 aromatic carbocycles. The van der Waals surface area contributed by atoms with Gasteiger partial charge in [0.2, 0.25) is 0 Å². The van der Waals surface area contributed by atoms with Gasteiger partial charge in [-0.15, -0.1) is 6.58 Å². The van der Waals surface area contributed by atoms with Crippen molar-refractivity contribution >= 4 is 12.0 Å². The van der Waals surface area contributed by atoms with Crippen LogP contribution >= 0.6 is 0 Å². The van der Waals surface area contributed by atoms with E-state index in [1.54, 1.807) is 6.08 Å². The molecule has 0 radical (unpaired) electrons. The lowest BCUT2D eigenvalue weighted by molar-refractivity contribution is -0.143. The van der Waals surface area contributed by atoms with Gasteiger partial charge in [-0.3, -0.25) is 4.79 Å². The first kappa shape index (κ1) is 15.5. The van der Waals surface area contributed by atoms with E-state index in [2.05, 4.69) is 11.9 Å². The number of aliphatic hydroxyl groups is 1. The molecule has 6 heteroatoms. The van der Waals surface area contributed by atoms with Gasteiger partial charge in [-0.25, -0.2) is 4.79 Å². The first-order valence-corrected chi connectivity index (χ1v) is 6.58. The minimum absolute atomic E-state index is 0.103. The van der Waals surface area contributed by atoms with Crippen LogP contribution in [0.25, 0.3) is 0 Å². The lowest BCUT2D eigenvalue weighted by Crippen LogP contribution is -2.47. The molecule has 3 N–H and O–H groups in total. The quantitative estimate of drug-likeness (QED) is 0.623. The van der Waals surface area contributed by atoms with E-state index >= 15 is 0 Å². The summed E-state index contributed by atoms with van der Waals surface area (Å²) in [6.45, 7) is 4.06. The Hall–Kier alpha value is -1.56. The van der Waals surface area contributed by atoms with Crippen LogP contribution in [0.5, 0.6) is 0 Å². The minimum atomic E-state index is -0.794. The number of aliphatic carboxylic acids is 1. The number of hydrogen-bond donors (Lipinski definition) is 3. The highest BCUT2D eigenvalue weighted by Gasteiger charge is 2.28. The maximum atomic E-state index is 12.0. The zero-order valence-corrected chi connectivity index (χ0v) is 11.0. The Morgan fingerprint density at radius 3 is 2.74 bits per heavy atom. The van der Waals surface area contributed by atoms with Crippen LogP contribution in [0.2, 0.25) is 0 Å². The van der Waals surface area contributed by atoms with Crippen molar-refractivity contribution in [3.8, 4) is 0 Å². The van der Waals surface area contributed by atoms with Crippen LogP contribution in [0, 0.1) is 5.92 Å². The summed E-state index contributed by atoms with van der Waals surface area (Å²) in [5.41, 5.74) is 0. The maximum absolute atomic E-state index is 12.0.